The normalized spacial score (nSPS) is 18.4. The van der Waals surface area contributed by atoms with Crippen LogP contribution in [0.4, 0.5) is 0 Å². The number of hydrogen-bond donors (Lipinski definition) is 2. The number of carbonyl (C=O) groups is 1. The Hall–Kier alpha value is -1.88. The van der Waals surface area contributed by atoms with Crippen LogP contribution in [0.25, 0.3) is 0 Å². The van der Waals surface area contributed by atoms with Gasteiger partial charge in [-0.1, -0.05) is 35.5 Å². The number of oxime groups is 1. The van der Waals surface area contributed by atoms with Gasteiger partial charge in [-0.2, -0.15) is 0 Å². The fraction of sp³-hybridized carbons (Fsp3) is 0.467. The minimum absolute atomic E-state index is 0.0323. The van der Waals surface area contributed by atoms with E-state index < -0.39 is 11.6 Å². The van der Waals surface area contributed by atoms with Gasteiger partial charge in [-0.25, -0.2) is 0 Å². The van der Waals surface area contributed by atoms with E-state index in [1.165, 1.54) is 0 Å². The van der Waals surface area contributed by atoms with Crippen LogP contribution in [0.2, 0.25) is 0 Å². The van der Waals surface area contributed by atoms with Crippen molar-refractivity contribution in [2.75, 3.05) is 6.61 Å². The predicted molar refractivity (Wildman–Crippen MR) is 76.4 cm³/mol. The van der Waals surface area contributed by atoms with Crippen molar-refractivity contribution in [2.24, 2.45) is 5.16 Å². The van der Waals surface area contributed by atoms with Crippen LogP contribution in [0, 0.1) is 0 Å². The van der Waals surface area contributed by atoms with Crippen LogP contribution in [-0.2, 0) is 9.63 Å². The third-order valence-corrected chi connectivity index (χ3v) is 3.27. The van der Waals surface area contributed by atoms with E-state index in [0.717, 1.165) is 11.3 Å². The number of nitrogens with zero attached hydrogens (tertiary/aromatic N) is 1. The van der Waals surface area contributed by atoms with Crippen molar-refractivity contribution in [3.63, 3.8) is 0 Å². The highest BCUT2D eigenvalue weighted by Crippen LogP contribution is 2.18. The van der Waals surface area contributed by atoms with Gasteiger partial charge in [-0.3, -0.25) is 4.79 Å². The molecule has 5 heteroatoms. The summed E-state index contributed by atoms with van der Waals surface area (Å²) in [6, 6.07) is 9.67. The summed E-state index contributed by atoms with van der Waals surface area (Å²) >= 11 is 0. The summed E-state index contributed by atoms with van der Waals surface area (Å²) in [5.41, 5.74) is 1.30. The topological polar surface area (TPSA) is 70.9 Å². The lowest BCUT2D eigenvalue weighted by Gasteiger charge is -2.26. The smallest absolute Gasteiger partial charge is 0.264 e. The molecule has 2 rings (SSSR count). The van der Waals surface area contributed by atoms with Crippen molar-refractivity contribution in [2.45, 2.75) is 38.3 Å². The maximum Gasteiger partial charge on any atom is 0.264 e. The summed E-state index contributed by atoms with van der Waals surface area (Å²) in [5.74, 6) is -0.196. The van der Waals surface area contributed by atoms with Crippen molar-refractivity contribution >= 4 is 11.6 Å². The standard InChI is InChI=1S/C15H20N2O3/c1-15(2,8-9-18)16-14(19)13-10-12(17-20-13)11-6-4-3-5-7-11/h3-7,13,18H,8-10H2,1-2H3,(H,16,19). The van der Waals surface area contributed by atoms with Gasteiger partial charge in [0, 0.05) is 18.6 Å². The average Bonchev–Trinajstić information content (AvgIpc) is 2.88. The molecule has 0 saturated carbocycles. The van der Waals surface area contributed by atoms with Crippen LogP contribution in [0.5, 0.6) is 0 Å². The van der Waals surface area contributed by atoms with Gasteiger partial charge in [0.05, 0.1) is 5.71 Å². The van der Waals surface area contributed by atoms with Crippen LogP contribution >= 0.6 is 0 Å². The second kappa shape index (κ2) is 6.05. The molecule has 0 radical (unpaired) electrons. The van der Waals surface area contributed by atoms with E-state index >= 15 is 0 Å². The van der Waals surface area contributed by atoms with Gasteiger partial charge in [-0.05, 0) is 25.8 Å². The average molecular weight is 276 g/mol. The van der Waals surface area contributed by atoms with Gasteiger partial charge in [0.2, 0.25) is 6.10 Å². The molecule has 1 heterocycles. The van der Waals surface area contributed by atoms with Crippen LogP contribution in [0.15, 0.2) is 35.5 Å². The van der Waals surface area contributed by atoms with Crippen molar-refractivity contribution < 1.29 is 14.7 Å². The van der Waals surface area contributed by atoms with Crippen molar-refractivity contribution in [1.29, 1.82) is 0 Å². The van der Waals surface area contributed by atoms with Crippen LogP contribution in [0.1, 0.15) is 32.3 Å². The Balaban J connectivity index is 1.93. The molecule has 108 valence electrons. The number of benzene rings is 1. The molecule has 1 atom stereocenters. The molecule has 0 aromatic heterocycles. The minimum atomic E-state index is -0.594. The second-order valence-electron chi connectivity index (χ2n) is 5.55. The van der Waals surface area contributed by atoms with E-state index in [4.69, 9.17) is 9.94 Å². The molecule has 1 aliphatic rings. The number of aliphatic hydroxyl groups is 1. The predicted octanol–water partition coefficient (Wildman–Crippen LogP) is 1.46. The number of amides is 1. The lowest BCUT2D eigenvalue weighted by atomic mass is 9.99. The maximum absolute atomic E-state index is 12.1. The Morgan fingerprint density at radius 1 is 1.45 bits per heavy atom. The summed E-state index contributed by atoms with van der Waals surface area (Å²) in [4.78, 5) is 17.3. The first kappa shape index (κ1) is 14.5. The molecular formula is C15H20N2O3. The van der Waals surface area contributed by atoms with E-state index in [1.807, 2.05) is 44.2 Å². The summed E-state index contributed by atoms with van der Waals surface area (Å²) in [6.45, 7) is 3.77. The molecule has 2 N–H and O–H groups in total. The van der Waals surface area contributed by atoms with Crippen LogP contribution < -0.4 is 5.32 Å². The highest BCUT2D eigenvalue weighted by atomic mass is 16.6. The molecule has 1 amide bonds. The zero-order chi connectivity index (χ0) is 14.6. The number of carbonyl (C=O) groups excluding carboxylic acids is 1. The summed E-state index contributed by atoms with van der Waals surface area (Å²) in [5, 5.41) is 15.8. The molecule has 1 aliphatic heterocycles. The monoisotopic (exact) mass is 276 g/mol. The zero-order valence-electron chi connectivity index (χ0n) is 11.8. The van der Waals surface area contributed by atoms with E-state index in [0.29, 0.717) is 12.8 Å². The fourth-order valence-electron chi connectivity index (χ4n) is 2.08. The van der Waals surface area contributed by atoms with Crippen molar-refractivity contribution in [1.82, 2.24) is 5.32 Å². The van der Waals surface area contributed by atoms with E-state index in [1.54, 1.807) is 0 Å². The Morgan fingerprint density at radius 3 is 2.80 bits per heavy atom. The van der Waals surface area contributed by atoms with Gasteiger partial charge >= 0.3 is 0 Å². The number of aliphatic hydroxyl groups excluding tert-OH is 1. The molecule has 0 aliphatic carbocycles. The maximum atomic E-state index is 12.1. The molecule has 0 saturated heterocycles. The molecule has 0 bridgehead atoms. The SMILES string of the molecule is CC(C)(CCO)NC(=O)C1CC(c2ccccc2)=NO1. The molecule has 0 spiro atoms. The van der Waals surface area contributed by atoms with E-state index in [-0.39, 0.29) is 12.5 Å². The van der Waals surface area contributed by atoms with E-state index in [2.05, 4.69) is 10.5 Å². The molecule has 5 nitrogen and oxygen atoms in total. The van der Waals surface area contributed by atoms with Gasteiger partial charge in [0.25, 0.3) is 5.91 Å². The third-order valence-electron chi connectivity index (χ3n) is 3.27. The van der Waals surface area contributed by atoms with Crippen molar-refractivity contribution in [3.8, 4) is 0 Å². The quantitative estimate of drug-likeness (QED) is 0.855. The first-order valence-corrected chi connectivity index (χ1v) is 6.73. The van der Waals surface area contributed by atoms with Crippen LogP contribution in [-0.4, -0.2) is 35.0 Å². The fourth-order valence-corrected chi connectivity index (χ4v) is 2.08. The van der Waals surface area contributed by atoms with Gasteiger partial charge in [0.1, 0.15) is 0 Å². The molecule has 1 unspecified atom stereocenters. The largest absolute Gasteiger partial charge is 0.396 e. The highest BCUT2D eigenvalue weighted by Gasteiger charge is 2.32. The van der Waals surface area contributed by atoms with Crippen molar-refractivity contribution in [3.05, 3.63) is 35.9 Å². The number of hydrogen-bond acceptors (Lipinski definition) is 4. The van der Waals surface area contributed by atoms with Gasteiger partial charge < -0.3 is 15.3 Å². The number of nitrogens with one attached hydrogen (secondary N) is 1. The Labute approximate surface area is 118 Å². The lowest BCUT2D eigenvalue weighted by molar-refractivity contribution is -0.133. The Morgan fingerprint density at radius 2 is 2.15 bits per heavy atom. The Bertz CT molecular complexity index is 497. The lowest BCUT2D eigenvalue weighted by Crippen LogP contribution is -2.48. The minimum Gasteiger partial charge on any atom is -0.396 e. The third kappa shape index (κ3) is 3.57. The first-order chi connectivity index (χ1) is 9.52. The van der Waals surface area contributed by atoms with Gasteiger partial charge in [0.15, 0.2) is 0 Å². The van der Waals surface area contributed by atoms with E-state index in [9.17, 15) is 4.79 Å². The summed E-state index contributed by atoms with van der Waals surface area (Å²) in [7, 11) is 0. The molecule has 20 heavy (non-hydrogen) atoms. The Kier molecular flexibility index (Phi) is 4.39. The van der Waals surface area contributed by atoms with Gasteiger partial charge in [-0.15, -0.1) is 0 Å². The molecule has 0 fully saturated rings. The second-order valence-corrected chi connectivity index (χ2v) is 5.55. The number of rotatable bonds is 5. The van der Waals surface area contributed by atoms with Crippen LogP contribution in [0.3, 0.4) is 0 Å². The summed E-state index contributed by atoms with van der Waals surface area (Å²) < 4.78 is 0. The summed E-state index contributed by atoms with van der Waals surface area (Å²) in [6.07, 6.45) is 0.367. The zero-order valence-corrected chi connectivity index (χ0v) is 11.8. The molecule has 1 aromatic carbocycles. The highest BCUT2D eigenvalue weighted by molar-refractivity contribution is 6.04. The first-order valence-electron chi connectivity index (χ1n) is 6.73. The molecular weight excluding hydrogens is 256 g/mol. The molecule has 1 aromatic rings.